The molecule has 0 bridgehead atoms. The molecule has 0 fully saturated rings. The number of hydrogen-bond acceptors (Lipinski definition) is 1. The number of benzene rings is 2. The third kappa shape index (κ3) is 1.03. The molecule has 0 atom stereocenters. The smallest absolute Gasteiger partial charge is 0.0485 e. The van der Waals surface area contributed by atoms with E-state index >= 15 is 0 Å². The quantitative estimate of drug-likeness (QED) is 0.615. The zero-order valence-corrected chi connectivity index (χ0v) is 7.18. The van der Waals surface area contributed by atoms with Crippen molar-refractivity contribution < 1.29 is 0 Å². The van der Waals surface area contributed by atoms with Crippen LogP contribution < -0.4 is 5.73 Å². The van der Waals surface area contributed by atoms with Crippen molar-refractivity contribution in [3.8, 4) is 0 Å². The fourth-order valence-electron chi connectivity index (χ4n) is 1.29. The molecule has 0 unspecified atom stereocenters. The van der Waals surface area contributed by atoms with Gasteiger partial charge in [-0.15, -0.1) is 0 Å². The minimum absolute atomic E-state index is 0.750. The summed E-state index contributed by atoms with van der Waals surface area (Å²) in [6.45, 7) is 0. The van der Waals surface area contributed by atoms with Crippen molar-refractivity contribution in [1.82, 2.24) is 0 Å². The largest absolute Gasteiger partial charge is 0.398 e. The van der Waals surface area contributed by atoms with Crippen LogP contribution in [-0.2, 0) is 0 Å². The van der Waals surface area contributed by atoms with Crippen LogP contribution in [0.15, 0.2) is 36.4 Å². The summed E-state index contributed by atoms with van der Waals surface area (Å²) in [6.07, 6.45) is 0. The van der Waals surface area contributed by atoms with E-state index in [9.17, 15) is 0 Å². The predicted octanol–water partition coefficient (Wildman–Crippen LogP) is 3.08. The first-order valence-electron chi connectivity index (χ1n) is 3.72. The Bertz CT molecular complexity index is 383. The van der Waals surface area contributed by atoms with Crippen LogP contribution >= 0.6 is 11.6 Å². The van der Waals surface area contributed by atoms with Gasteiger partial charge in [0.1, 0.15) is 0 Å². The summed E-state index contributed by atoms with van der Waals surface area (Å²) in [5, 5.41) is 2.78. The molecule has 2 N–H and O–H groups in total. The van der Waals surface area contributed by atoms with Crippen molar-refractivity contribution in [2.45, 2.75) is 0 Å². The van der Waals surface area contributed by atoms with Crippen LogP contribution in [0, 0.1) is 0 Å². The van der Waals surface area contributed by atoms with Crippen molar-refractivity contribution in [2.75, 3.05) is 5.73 Å². The maximum Gasteiger partial charge on any atom is 0.0485 e. The van der Waals surface area contributed by atoms with E-state index in [4.69, 9.17) is 17.3 Å². The minimum Gasteiger partial charge on any atom is -0.398 e. The second-order valence-corrected chi connectivity index (χ2v) is 3.09. The first-order valence-corrected chi connectivity index (χ1v) is 4.09. The van der Waals surface area contributed by atoms with Crippen molar-refractivity contribution in [3.05, 3.63) is 41.4 Å². The first kappa shape index (κ1) is 7.44. The van der Waals surface area contributed by atoms with Gasteiger partial charge in [0.2, 0.25) is 0 Å². The molecule has 0 aliphatic heterocycles. The normalized spacial score (nSPS) is 10.4. The Morgan fingerprint density at radius 1 is 0.917 bits per heavy atom. The van der Waals surface area contributed by atoms with Crippen LogP contribution in [-0.4, -0.2) is 0 Å². The minimum atomic E-state index is 0.750. The van der Waals surface area contributed by atoms with E-state index in [-0.39, 0.29) is 0 Å². The van der Waals surface area contributed by atoms with Gasteiger partial charge in [0.25, 0.3) is 0 Å². The molecule has 0 saturated heterocycles. The monoisotopic (exact) mass is 177 g/mol. The van der Waals surface area contributed by atoms with Crippen molar-refractivity contribution in [2.24, 2.45) is 0 Å². The van der Waals surface area contributed by atoms with E-state index in [1.54, 1.807) is 0 Å². The summed E-state index contributed by atoms with van der Waals surface area (Å²) in [5.74, 6) is 0. The summed E-state index contributed by atoms with van der Waals surface area (Å²) in [7, 11) is 0. The molecular formula is C10H8ClN. The van der Waals surface area contributed by atoms with Crippen molar-refractivity contribution in [3.63, 3.8) is 0 Å². The second kappa shape index (κ2) is 2.68. The number of nitrogen functional groups attached to an aromatic ring is 1. The highest BCUT2D eigenvalue weighted by Gasteiger charge is 1.99. The van der Waals surface area contributed by atoms with Gasteiger partial charge in [-0.3, -0.25) is 0 Å². The maximum atomic E-state index is 5.97. The number of halogens is 1. The molecule has 2 rings (SSSR count). The molecule has 1 nitrogen and oxygen atoms in total. The molecule has 0 aromatic heterocycles. The molecule has 0 amide bonds. The first-order chi connectivity index (χ1) is 5.79. The molecular weight excluding hydrogens is 170 g/mol. The molecule has 2 aromatic carbocycles. The third-order valence-electron chi connectivity index (χ3n) is 1.90. The van der Waals surface area contributed by atoms with Gasteiger partial charge in [0.15, 0.2) is 0 Å². The summed E-state index contributed by atoms with van der Waals surface area (Å²) in [4.78, 5) is 0. The molecule has 0 radical (unpaired) electrons. The Balaban J connectivity index is 2.95. The van der Waals surface area contributed by atoms with E-state index in [1.165, 1.54) is 0 Å². The molecule has 0 aliphatic rings. The van der Waals surface area contributed by atoms with Crippen LogP contribution in [0.1, 0.15) is 0 Å². The number of rotatable bonds is 0. The predicted molar refractivity (Wildman–Crippen MR) is 53.4 cm³/mol. The highest BCUT2D eigenvalue weighted by molar-refractivity contribution is 6.36. The van der Waals surface area contributed by atoms with Crippen molar-refractivity contribution in [1.29, 1.82) is 0 Å². The Morgan fingerprint density at radius 2 is 1.58 bits per heavy atom. The average Bonchev–Trinajstić information content (AvgIpc) is 2.12. The maximum absolute atomic E-state index is 5.97. The Labute approximate surface area is 75.8 Å². The topological polar surface area (TPSA) is 26.0 Å². The van der Waals surface area contributed by atoms with E-state index in [2.05, 4.69) is 0 Å². The Hall–Kier alpha value is -1.21. The lowest BCUT2D eigenvalue weighted by molar-refractivity contribution is 1.73. The molecule has 60 valence electrons. The molecule has 12 heavy (non-hydrogen) atoms. The van der Waals surface area contributed by atoms with Crippen LogP contribution in [0.2, 0.25) is 5.02 Å². The summed E-state index contributed by atoms with van der Waals surface area (Å²) in [6, 6.07) is 11.5. The highest BCUT2D eigenvalue weighted by Crippen LogP contribution is 2.27. The summed E-state index contributed by atoms with van der Waals surface area (Å²) < 4.78 is 0. The van der Waals surface area contributed by atoms with Gasteiger partial charge in [-0.05, 0) is 12.1 Å². The van der Waals surface area contributed by atoms with E-state index in [0.29, 0.717) is 0 Å². The molecule has 0 saturated carbocycles. The highest BCUT2D eigenvalue weighted by atomic mass is 35.5. The van der Waals surface area contributed by atoms with Gasteiger partial charge in [0.05, 0.1) is 0 Å². The Kier molecular flexibility index (Phi) is 1.66. The number of hydrogen-bond donors (Lipinski definition) is 1. The van der Waals surface area contributed by atoms with Crippen molar-refractivity contribution >= 4 is 28.1 Å². The van der Waals surface area contributed by atoms with E-state index < -0.39 is 0 Å². The average molecular weight is 178 g/mol. The zero-order chi connectivity index (χ0) is 8.55. The molecule has 2 heteroatoms. The zero-order valence-electron chi connectivity index (χ0n) is 6.42. The van der Waals surface area contributed by atoms with Gasteiger partial charge in [-0.2, -0.15) is 0 Å². The molecule has 2 aromatic rings. The summed E-state index contributed by atoms with van der Waals surface area (Å²) in [5.41, 5.74) is 6.54. The fraction of sp³-hybridized carbons (Fsp3) is 0. The SMILES string of the molecule is Nc1ccc(Cl)c2ccccc12. The van der Waals surface area contributed by atoms with Crippen LogP contribution in [0.25, 0.3) is 10.8 Å². The Morgan fingerprint density at radius 3 is 2.25 bits per heavy atom. The van der Waals surface area contributed by atoms with Crippen LogP contribution in [0.3, 0.4) is 0 Å². The molecule has 0 heterocycles. The van der Waals surface area contributed by atoms with Crippen LogP contribution in [0.4, 0.5) is 5.69 Å². The lowest BCUT2D eigenvalue weighted by Gasteiger charge is -2.02. The number of anilines is 1. The van der Waals surface area contributed by atoms with Gasteiger partial charge >= 0.3 is 0 Å². The fourth-order valence-corrected chi connectivity index (χ4v) is 1.51. The molecule has 0 aliphatic carbocycles. The van der Waals surface area contributed by atoms with Gasteiger partial charge in [0, 0.05) is 21.5 Å². The summed E-state index contributed by atoms with van der Waals surface area (Å²) >= 11 is 5.97. The van der Waals surface area contributed by atoms with Gasteiger partial charge < -0.3 is 5.73 Å². The van der Waals surface area contributed by atoms with E-state index in [1.807, 2.05) is 36.4 Å². The van der Waals surface area contributed by atoms with E-state index in [0.717, 1.165) is 21.5 Å². The lowest BCUT2D eigenvalue weighted by atomic mass is 10.1. The van der Waals surface area contributed by atoms with Crippen LogP contribution in [0.5, 0.6) is 0 Å². The third-order valence-corrected chi connectivity index (χ3v) is 2.23. The standard InChI is InChI=1S/C10H8ClN/c11-9-5-6-10(12)8-4-2-1-3-7(8)9/h1-6H,12H2. The number of fused-ring (bicyclic) bond motifs is 1. The molecule has 0 spiro atoms. The lowest BCUT2D eigenvalue weighted by Crippen LogP contribution is -1.86. The van der Waals surface area contributed by atoms with Gasteiger partial charge in [-0.25, -0.2) is 0 Å². The number of nitrogens with two attached hydrogens (primary N) is 1. The second-order valence-electron chi connectivity index (χ2n) is 2.68. The van der Waals surface area contributed by atoms with Gasteiger partial charge in [-0.1, -0.05) is 35.9 Å².